The van der Waals surface area contributed by atoms with E-state index in [1.54, 1.807) is 31.2 Å². The van der Waals surface area contributed by atoms with Crippen molar-refractivity contribution >= 4 is 28.7 Å². The summed E-state index contributed by atoms with van der Waals surface area (Å²) < 4.78 is 5.91. The zero-order valence-electron chi connectivity index (χ0n) is 13.7. The van der Waals surface area contributed by atoms with Gasteiger partial charge in [0.25, 0.3) is 11.5 Å². The van der Waals surface area contributed by atoms with Crippen molar-refractivity contribution in [3.05, 3.63) is 40.9 Å². The van der Waals surface area contributed by atoms with Crippen LogP contribution in [-0.2, 0) is 25.7 Å². The van der Waals surface area contributed by atoms with Crippen molar-refractivity contribution in [2.24, 2.45) is 0 Å². The van der Waals surface area contributed by atoms with Crippen LogP contribution in [0.3, 0.4) is 0 Å². The Balaban J connectivity index is 1.86. The molecular formula is C16H18N4O5. The van der Waals surface area contributed by atoms with E-state index in [4.69, 9.17) is 4.74 Å². The lowest BCUT2D eigenvalue weighted by Gasteiger charge is -2.08. The molecule has 25 heavy (non-hydrogen) atoms. The Kier molecular flexibility index (Phi) is 6.21. The SMILES string of the molecule is CCNC(=O)CNC(=O)COC(=O)Cn1cnc2ccccc2c1=O. The molecule has 132 valence electrons. The number of amides is 2. The maximum absolute atomic E-state index is 12.2. The van der Waals surface area contributed by atoms with E-state index in [2.05, 4.69) is 15.6 Å². The first-order chi connectivity index (χ1) is 12.0. The minimum atomic E-state index is -0.757. The molecule has 0 radical (unpaired) electrons. The molecule has 0 spiro atoms. The van der Waals surface area contributed by atoms with E-state index >= 15 is 0 Å². The molecule has 1 heterocycles. The first-order valence-corrected chi connectivity index (χ1v) is 7.64. The number of esters is 1. The van der Waals surface area contributed by atoms with E-state index in [0.29, 0.717) is 17.4 Å². The summed E-state index contributed by atoms with van der Waals surface area (Å²) >= 11 is 0. The van der Waals surface area contributed by atoms with Gasteiger partial charge in [-0.2, -0.15) is 0 Å². The second-order valence-corrected chi connectivity index (χ2v) is 5.09. The lowest BCUT2D eigenvalue weighted by Crippen LogP contribution is -2.38. The third kappa shape index (κ3) is 5.13. The Labute approximate surface area is 143 Å². The molecule has 2 rings (SSSR count). The lowest BCUT2D eigenvalue weighted by molar-refractivity contribution is -0.149. The van der Waals surface area contributed by atoms with Crippen LogP contribution in [0, 0.1) is 0 Å². The van der Waals surface area contributed by atoms with Gasteiger partial charge in [-0.1, -0.05) is 12.1 Å². The molecule has 1 aromatic carbocycles. The summed E-state index contributed by atoms with van der Waals surface area (Å²) in [4.78, 5) is 50.8. The van der Waals surface area contributed by atoms with Crippen LogP contribution in [0.2, 0.25) is 0 Å². The summed E-state index contributed by atoms with van der Waals surface area (Å²) in [7, 11) is 0. The Hall–Kier alpha value is -3.23. The number of hydrogen-bond acceptors (Lipinski definition) is 6. The van der Waals surface area contributed by atoms with E-state index < -0.39 is 18.5 Å². The molecule has 2 amide bonds. The molecule has 2 N–H and O–H groups in total. The fourth-order valence-corrected chi connectivity index (χ4v) is 2.04. The molecule has 0 aliphatic carbocycles. The molecule has 0 saturated carbocycles. The highest BCUT2D eigenvalue weighted by atomic mass is 16.5. The van der Waals surface area contributed by atoms with Gasteiger partial charge in [0.2, 0.25) is 5.91 Å². The topological polar surface area (TPSA) is 119 Å². The van der Waals surface area contributed by atoms with Crippen molar-refractivity contribution in [1.82, 2.24) is 20.2 Å². The quantitative estimate of drug-likeness (QED) is 0.633. The maximum Gasteiger partial charge on any atom is 0.326 e. The number of nitrogens with one attached hydrogen (secondary N) is 2. The number of carbonyl (C=O) groups excluding carboxylic acids is 3. The zero-order valence-corrected chi connectivity index (χ0v) is 13.7. The van der Waals surface area contributed by atoms with Crippen LogP contribution in [0.25, 0.3) is 10.9 Å². The number of hydrogen-bond donors (Lipinski definition) is 2. The average Bonchev–Trinajstić information content (AvgIpc) is 2.61. The number of benzene rings is 1. The van der Waals surface area contributed by atoms with Gasteiger partial charge >= 0.3 is 5.97 Å². The van der Waals surface area contributed by atoms with Crippen molar-refractivity contribution in [2.45, 2.75) is 13.5 Å². The summed E-state index contributed by atoms with van der Waals surface area (Å²) in [6.45, 7) is 1.12. The summed E-state index contributed by atoms with van der Waals surface area (Å²) in [6.07, 6.45) is 1.25. The number of carbonyl (C=O) groups is 3. The number of para-hydroxylation sites is 1. The van der Waals surface area contributed by atoms with E-state index in [9.17, 15) is 19.2 Å². The molecule has 9 nitrogen and oxygen atoms in total. The zero-order chi connectivity index (χ0) is 18.2. The van der Waals surface area contributed by atoms with Crippen LogP contribution in [0.1, 0.15) is 6.92 Å². The second kappa shape index (κ2) is 8.57. The van der Waals surface area contributed by atoms with Gasteiger partial charge in [0.1, 0.15) is 6.54 Å². The van der Waals surface area contributed by atoms with Gasteiger partial charge in [-0.25, -0.2) is 4.98 Å². The highest BCUT2D eigenvalue weighted by molar-refractivity contribution is 5.86. The molecule has 9 heteroatoms. The van der Waals surface area contributed by atoms with Crippen LogP contribution >= 0.6 is 0 Å². The predicted octanol–water partition coefficient (Wildman–Crippen LogP) is -0.808. The van der Waals surface area contributed by atoms with Crippen LogP contribution in [-0.4, -0.2) is 47.0 Å². The second-order valence-electron chi connectivity index (χ2n) is 5.09. The van der Waals surface area contributed by atoms with Gasteiger partial charge in [-0.3, -0.25) is 23.7 Å². The smallest absolute Gasteiger partial charge is 0.326 e. The molecule has 0 bridgehead atoms. The normalized spacial score (nSPS) is 10.3. The van der Waals surface area contributed by atoms with Crippen LogP contribution in [0.4, 0.5) is 0 Å². The van der Waals surface area contributed by atoms with Crippen LogP contribution < -0.4 is 16.2 Å². The highest BCUT2D eigenvalue weighted by Gasteiger charge is 2.11. The number of aromatic nitrogens is 2. The molecule has 0 fully saturated rings. The Morgan fingerprint density at radius 3 is 2.68 bits per heavy atom. The van der Waals surface area contributed by atoms with E-state index in [1.165, 1.54) is 6.33 Å². The van der Waals surface area contributed by atoms with Crippen molar-refractivity contribution in [3.63, 3.8) is 0 Å². The first kappa shape index (κ1) is 18.1. The molecule has 1 aromatic heterocycles. The predicted molar refractivity (Wildman–Crippen MR) is 88.7 cm³/mol. The molecule has 0 aliphatic heterocycles. The Bertz CT molecular complexity index is 846. The summed E-state index contributed by atoms with van der Waals surface area (Å²) in [6, 6.07) is 6.76. The van der Waals surface area contributed by atoms with Gasteiger partial charge in [-0.15, -0.1) is 0 Å². The van der Waals surface area contributed by atoms with Crippen molar-refractivity contribution in [1.29, 1.82) is 0 Å². The molecule has 2 aromatic rings. The molecule has 0 aliphatic rings. The van der Waals surface area contributed by atoms with E-state index in [-0.39, 0.29) is 24.6 Å². The summed E-state index contributed by atoms with van der Waals surface area (Å²) in [5.41, 5.74) is 0.157. The number of fused-ring (bicyclic) bond motifs is 1. The number of rotatable bonds is 7. The third-order valence-corrected chi connectivity index (χ3v) is 3.22. The van der Waals surface area contributed by atoms with Crippen molar-refractivity contribution in [2.75, 3.05) is 19.7 Å². The molecule has 0 saturated heterocycles. The summed E-state index contributed by atoms with van der Waals surface area (Å²) in [5, 5.41) is 5.21. The molecular weight excluding hydrogens is 328 g/mol. The minimum absolute atomic E-state index is 0.196. The van der Waals surface area contributed by atoms with Crippen molar-refractivity contribution < 1.29 is 19.1 Å². The number of ether oxygens (including phenoxy) is 1. The van der Waals surface area contributed by atoms with Crippen LogP contribution in [0.15, 0.2) is 35.4 Å². The lowest BCUT2D eigenvalue weighted by atomic mass is 10.2. The van der Waals surface area contributed by atoms with Gasteiger partial charge in [0, 0.05) is 6.54 Å². The van der Waals surface area contributed by atoms with E-state index in [0.717, 1.165) is 4.57 Å². The van der Waals surface area contributed by atoms with Gasteiger partial charge in [0.15, 0.2) is 6.61 Å². The number of likely N-dealkylation sites (N-methyl/N-ethyl adjacent to an activating group) is 1. The first-order valence-electron chi connectivity index (χ1n) is 7.64. The van der Waals surface area contributed by atoms with Crippen LogP contribution in [0.5, 0.6) is 0 Å². The monoisotopic (exact) mass is 346 g/mol. The molecule has 0 unspecified atom stereocenters. The van der Waals surface area contributed by atoms with Gasteiger partial charge in [-0.05, 0) is 19.1 Å². The fraction of sp³-hybridized carbons (Fsp3) is 0.312. The minimum Gasteiger partial charge on any atom is -0.454 e. The Morgan fingerprint density at radius 2 is 1.92 bits per heavy atom. The van der Waals surface area contributed by atoms with E-state index in [1.807, 2.05) is 0 Å². The number of nitrogens with zero attached hydrogens (tertiary/aromatic N) is 2. The third-order valence-electron chi connectivity index (χ3n) is 3.22. The largest absolute Gasteiger partial charge is 0.454 e. The standard InChI is InChI=1S/C16H18N4O5/c1-2-17-13(21)7-18-14(22)9-25-15(23)8-20-10-19-12-6-4-3-5-11(12)16(20)24/h3-6,10H,2,7-9H2,1H3,(H,17,21)(H,18,22). The summed E-state index contributed by atoms with van der Waals surface area (Å²) in [5.74, 6) is -1.70. The molecule has 0 atom stereocenters. The van der Waals surface area contributed by atoms with Gasteiger partial charge in [0.05, 0.1) is 23.8 Å². The highest BCUT2D eigenvalue weighted by Crippen LogP contribution is 2.04. The van der Waals surface area contributed by atoms with Gasteiger partial charge < -0.3 is 15.4 Å². The Morgan fingerprint density at radius 1 is 1.16 bits per heavy atom. The average molecular weight is 346 g/mol. The maximum atomic E-state index is 12.2. The fourth-order valence-electron chi connectivity index (χ4n) is 2.04. The van der Waals surface area contributed by atoms with Crippen molar-refractivity contribution in [3.8, 4) is 0 Å².